The van der Waals surface area contributed by atoms with Crippen LogP contribution < -0.4 is 0 Å². The highest BCUT2D eigenvalue weighted by atomic mass is 16.7. The minimum absolute atomic E-state index is 0.388. The summed E-state index contributed by atoms with van der Waals surface area (Å²) in [5, 5.41) is 1.27. The summed E-state index contributed by atoms with van der Waals surface area (Å²) in [5.74, 6) is 0. The van der Waals surface area contributed by atoms with Gasteiger partial charge in [0.2, 0.25) is 6.41 Å². The van der Waals surface area contributed by atoms with E-state index in [0.29, 0.717) is 19.6 Å². The van der Waals surface area contributed by atoms with Gasteiger partial charge in [0.15, 0.2) is 0 Å². The van der Waals surface area contributed by atoms with E-state index in [4.69, 9.17) is 4.84 Å². The highest BCUT2D eigenvalue weighted by molar-refractivity contribution is 5.44. The van der Waals surface area contributed by atoms with E-state index in [1.807, 2.05) is 6.92 Å². The van der Waals surface area contributed by atoms with Gasteiger partial charge in [-0.15, -0.1) is 6.58 Å². The predicted molar refractivity (Wildman–Crippen MR) is 39.2 cm³/mol. The van der Waals surface area contributed by atoms with E-state index < -0.39 is 0 Å². The fourth-order valence-corrected chi connectivity index (χ4v) is 0.517. The van der Waals surface area contributed by atoms with Crippen molar-refractivity contribution in [1.82, 2.24) is 5.06 Å². The molecule has 10 heavy (non-hydrogen) atoms. The van der Waals surface area contributed by atoms with E-state index in [9.17, 15) is 4.79 Å². The van der Waals surface area contributed by atoms with Gasteiger partial charge in [0.25, 0.3) is 0 Å². The first-order valence-corrected chi connectivity index (χ1v) is 3.30. The van der Waals surface area contributed by atoms with Gasteiger partial charge in [-0.05, 0) is 6.42 Å². The Labute approximate surface area is 61.2 Å². The second kappa shape index (κ2) is 6.29. The number of hydroxylamine groups is 2. The van der Waals surface area contributed by atoms with Crippen molar-refractivity contribution in [2.45, 2.75) is 13.3 Å². The molecule has 3 nitrogen and oxygen atoms in total. The minimum atomic E-state index is 0.388. The average Bonchev–Trinajstić information content (AvgIpc) is 1.98. The zero-order valence-corrected chi connectivity index (χ0v) is 6.25. The molecular weight excluding hydrogens is 130 g/mol. The molecule has 0 radical (unpaired) electrons. The van der Waals surface area contributed by atoms with Crippen molar-refractivity contribution < 1.29 is 9.63 Å². The standard InChI is InChI=1S/C7H13NO2/c1-3-5-8(7-9)10-6-4-2/h4,7H,2-3,5-6H2,1H3. The van der Waals surface area contributed by atoms with E-state index in [1.54, 1.807) is 6.08 Å². The van der Waals surface area contributed by atoms with Crippen LogP contribution in [0.1, 0.15) is 13.3 Å². The van der Waals surface area contributed by atoms with Crippen LogP contribution in [0.15, 0.2) is 12.7 Å². The van der Waals surface area contributed by atoms with E-state index in [0.717, 1.165) is 6.42 Å². The number of nitrogens with zero attached hydrogens (tertiary/aromatic N) is 1. The summed E-state index contributed by atoms with van der Waals surface area (Å²) in [7, 11) is 0. The fourth-order valence-electron chi connectivity index (χ4n) is 0.517. The highest BCUT2D eigenvalue weighted by Crippen LogP contribution is 1.87. The zero-order valence-electron chi connectivity index (χ0n) is 6.25. The van der Waals surface area contributed by atoms with Gasteiger partial charge in [-0.1, -0.05) is 13.0 Å². The third-order valence-electron chi connectivity index (χ3n) is 0.920. The lowest BCUT2D eigenvalue weighted by Gasteiger charge is -2.13. The number of carbonyl (C=O) groups is 1. The number of carbonyl (C=O) groups excluding carboxylic acids is 1. The number of rotatable bonds is 6. The normalized spacial score (nSPS) is 8.90. The molecule has 0 aliphatic rings. The van der Waals surface area contributed by atoms with Crippen molar-refractivity contribution >= 4 is 6.41 Å². The van der Waals surface area contributed by atoms with Crippen LogP contribution in [0.4, 0.5) is 0 Å². The molecule has 0 aromatic carbocycles. The van der Waals surface area contributed by atoms with Gasteiger partial charge in [-0.25, -0.2) is 5.06 Å². The van der Waals surface area contributed by atoms with Crippen molar-refractivity contribution in [2.24, 2.45) is 0 Å². The SMILES string of the molecule is C=CCON(C=O)CCC. The van der Waals surface area contributed by atoms with Gasteiger partial charge >= 0.3 is 0 Å². The summed E-state index contributed by atoms with van der Waals surface area (Å²) in [6.45, 7) is 6.46. The molecule has 0 saturated heterocycles. The van der Waals surface area contributed by atoms with E-state index >= 15 is 0 Å². The molecule has 0 rings (SSSR count). The van der Waals surface area contributed by atoms with Crippen LogP contribution in [-0.4, -0.2) is 24.6 Å². The first kappa shape index (κ1) is 9.17. The molecule has 58 valence electrons. The van der Waals surface area contributed by atoms with Crippen LogP contribution in [0.25, 0.3) is 0 Å². The lowest BCUT2D eigenvalue weighted by Crippen LogP contribution is -2.23. The molecule has 0 N–H and O–H groups in total. The predicted octanol–water partition coefficient (Wildman–Crippen LogP) is 0.972. The lowest BCUT2D eigenvalue weighted by atomic mass is 10.5. The second-order valence-electron chi connectivity index (χ2n) is 1.83. The number of hydrogen-bond acceptors (Lipinski definition) is 2. The van der Waals surface area contributed by atoms with Crippen molar-refractivity contribution in [3.63, 3.8) is 0 Å². The molecule has 0 unspecified atom stereocenters. The molecule has 0 aliphatic heterocycles. The minimum Gasteiger partial charge on any atom is -0.276 e. The molecule has 0 fully saturated rings. The Kier molecular flexibility index (Phi) is 5.77. The van der Waals surface area contributed by atoms with Gasteiger partial charge in [0.1, 0.15) is 0 Å². The summed E-state index contributed by atoms with van der Waals surface area (Å²) in [5.41, 5.74) is 0. The molecule has 0 spiro atoms. The quantitative estimate of drug-likeness (QED) is 0.315. The second-order valence-corrected chi connectivity index (χ2v) is 1.83. The van der Waals surface area contributed by atoms with Crippen LogP contribution in [-0.2, 0) is 9.63 Å². The molecule has 0 aromatic rings. The molecule has 3 heteroatoms. The number of hydrogen-bond donors (Lipinski definition) is 0. The van der Waals surface area contributed by atoms with Crippen LogP contribution >= 0.6 is 0 Å². The highest BCUT2D eigenvalue weighted by Gasteiger charge is 1.96. The Morgan fingerprint density at radius 3 is 2.80 bits per heavy atom. The summed E-state index contributed by atoms with van der Waals surface area (Å²) in [6, 6.07) is 0. The molecule has 0 aliphatic carbocycles. The zero-order chi connectivity index (χ0) is 7.82. The third-order valence-corrected chi connectivity index (χ3v) is 0.920. The Morgan fingerprint density at radius 2 is 2.40 bits per heavy atom. The Bertz CT molecular complexity index is 104. The molecule has 1 amide bonds. The van der Waals surface area contributed by atoms with Crippen LogP contribution in [0.2, 0.25) is 0 Å². The number of amides is 1. The molecular formula is C7H13NO2. The summed E-state index contributed by atoms with van der Waals surface area (Å²) in [4.78, 5) is 15.1. The van der Waals surface area contributed by atoms with Crippen molar-refractivity contribution in [1.29, 1.82) is 0 Å². The maximum atomic E-state index is 10.2. The lowest BCUT2D eigenvalue weighted by molar-refractivity contribution is -0.167. The van der Waals surface area contributed by atoms with E-state index in [2.05, 4.69) is 6.58 Å². The Hall–Kier alpha value is -0.830. The monoisotopic (exact) mass is 143 g/mol. The summed E-state index contributed by atoms with van der Waals surface area (Å²) in [6.07, 6.45) is 3.18. The summed E-state index contributed by atoms with van der Waals surface area (Å²) < 4.78 is 0. The molecule has 0 saturated carbocycles. The van der Waals surface area contributed by atoms with Gasteiger partial charge in [-0.3, -0.25) is 9.63 Å². The van der Waals surface area contributed by atoms with Gasteiger partial charge in [0, 0.05) is 6.54 Å². The van der Waals surface area contributed by atoms with Crippen LogP contribution in [0, 0.1) is 0 Å². The van der Waals surface area contributed by atoms with Gasteiger partial charge in [-0.2, -0.15) is 0 Å². The summed E-state index contributed by atoms with van der Waals surface area (Å²) >= 11 is 0. The van der Waals surface area contributed by atoms with Crippen molar-refractivity contribution in [2.75, 3.05) is 13.2 Å². The smallest absolute Gasteiger partial charge is 0.233 e. The van der Waals surface area contributed by atoms with Crippen molar-refractivity contribution in [3.8, 4) is 0 Å². The maximum absolute atomic E-state index is 10.2. The molecule has 0 heterocycles. The van der Waals surface area contributed by atoms with Gasteiger partial charge < -0.3 is 0 Å². The molecule has 0 atom stereocenters. The maximum Gasteiger partial charge on any atom is 0.233 e. The third kappa shape index (κ3) is 4.09. The Balaban J connectivity index is 3.38. The van der Waals surface area contributed by atoms with Crippen LogP contribution in [0.5, 0.6) is 0 Å². The fraction of sp³-hybridized carbons (Fsp3) is 0.571. The van der Waals surface area contributed by atoms with Crippen LogP contribution in [0.3, 0.4) is 0 Å². The van der Waals surface area contributed by atoms with Gasteiger partial charge in [0.05, 0.1) is 6.61 Å². The molecule has 0 bridgehead atoms. The Morgan fingerprint density at radius 1 is 1.70 bits per heavy atom. The largest absolute Gasteiger partial charge is 0.276 e. The first-order chi connectivity index (χ1) is 4.85. The average molecular weight is 143 g/mol. The molecule has 0 aromatic heterocycles. The van der Waals surface area contributed by atoms with E-state index in [1.165, 1.54) is 5.06 Å². The van der Waals surface area contributed by atoms with Crippen molar-refractivity contribution in [3.05, 3.63) is 12.7 Å². The first-order valence-electron chi connectivity index (χ1n) is 3.30. The van der Waals surface area contributed by atoms with E-state index in [-0.39, 0.29) is 0 Å². The topological polar surface area (TPSA) is 29.5 Å².